The van der Waals surface area contributed by atoms with Gasteiger partial charge in [0.05, 0.1) is 24.6 Å². The van der Waals surface area contributed by atoms with E-state index in [4.69, 9.17) is 10.5 Å². The molecule has 5 nitrogen and oxygen atoms in total. The Bertz CT molecular complexity index is 326. The normalized spacial score (nSPS) is 16.5. The van der Waals surface area contributed by atoms with E-state index in [1.54, 1.807) is 6.20 Å². The Morgan fingerprint density at radius 3 is 3.00 bits per heavy atom. The molecule has 16 heavy (non-hydrogen) atoms. The number of nitrogens with two attached hydrogens (primary N) is 1. The van der Waals surface area contributed by atoms with E-state index in [1.165, 1.54) is 32.0 Å². The summed E-state index contributed by atoms with van der Waals surface area (Å²) in [5.74, 6) is 0.685. The summed E-state index contributed by atoms with van der Waals surface area (Å²) in [6, 6.07) is 0. The summed E-state index contributed by atoms with van der Waals surface area (Å²) in [7, 11) is 0. The van der Waals surface area contributed by atoms with Crippen molar-refractivity contribution in [2.24, 2.45) is 0 Å². The summed E-state index contributed by atoms with van der Waals surface area (Å²) in [4.78, 5) is 7.87. The van der Waals surface area contributed by atoms with Crippen LogP contribution in [0, 0.1) is 0 Å². The van der Waals surface area contributed by atoms with Gasteiger partial charge in [0.25, 0.3) is 0 Å². The lowest BCUT2D eigenvalue weighted by Gasteiger charge is -2.12. The highest BCUT2D eigenvalue weighted by atomic mass is 16.5. The predicted molar refractivity (Wildman–Crippen MR) is 63.1 cm³/mol. The molecule has 1 aromatic rings. The summed E-state index contributed by atoms with van der Waals surface area (Å²) in [5.41, 5.74) is 6.27. The fraction of sp³-hybridized carbons (Fsp3) is 0.636. The lowest BCUT2D eigenvalue weighted by molar-refractivity contribution is 0.0659. The van der Waals surface area contributed by atoms with Crippen LogP contribution in [0.2, 0.25) is 0 Å². The maximum atomic E-state index is 5.72. The molecule has 0 spiro atoms. The SMILES string of the molecule is Nc1cncnc1NCCOC1CCCC1. The van der Waals surface area contributed by atoms with Crippen LogP contribution in [0.4, 0.5) is 11.5 Å². The topological polar surface area (TPSA) is 73.1 Å². The largest absolute Gasteiger partial charge is 0.394 e. The average Bonchev–Trinajstić information content (AvgIpc) is 2.79. The first-order valence-corrected chi connectivity index (χ1v) is 5.77. The smallest absolute Gasteiger partial charge is 0.152 e. The molecule has 5 heteroatoms. The second-order valence-corrected chi connectivity index (χ2v) is 4.03. The molecule has 0 bridgehead atoms. The van der Waals surface area contributed by atoms with E-state index in [2.05, 4.69) is 15.3 Å². The molecule has 0 radical (unpaired) electrons. The van der Waals surface area contributed by atoms with Crippen molar-refractivity contribution in [2.75, 3.05) is 24.2 Å². The maximum Gasteiger partial charge on any atom is 0.152 e. The van der Waals surface area contributed by atoms with E-state index in [1.807, 2.05) is 0 Å². The molecule has 1 aliphatic rings. The number of ether oxygens (including phenoxy) is 1. The molecule has 88 valence electrons. The molecule has 1 aromatic heterocycles. The number of hydrogen-bond acceptors (Lipinski definition) is 5. The van der Waals surface area contributed by atoms with Crippen LogP contribution >= 0.6 is 0 Å². The van der Waals surface area contributed by atoms with Gasteiger partial charge in [-0.15, -0.1) is 0 Å². The Morgan fingerprint density at radius 1 is 1.44 bits per heavy atom. The van der Waals surface area contributed by atoms with Crippen LogP contribution in [0.25, 0.3) is 0 Å². The van der Waals surface area contributed by atoms with Gasteiger partial charge in [-0.2, -0.15) is 0 Å². The third-order valence-electron chi connectivity index (χ3n) is 2.79. The Morgan fingerprint density at radius 2 is 2.25 bits per heavy atom. The van der Waals surface area contributed by atoms with Gasteiger partial charge >= 0.3 is 0 Å². The molecule has 0 unspecified atom stereocenters. The summed E-state index contributed by atoms with van der Waals surface area (Å²) in [6.07, 6.45) is 8.55. The molecule has 1 saturated carbocycles. The minimum absolute atomic E-state index is 0.463. The summed E-state index contributed by atoms with van der Waals surface area (Å²) in [6.45, 7) is 1.44. The molecule has 3 N–H and O–H groups in total. The lowest BCUT2D eigenvalue weighted by Crippen LogP contribution is -2.16. The van der Waals surface area contributed by atoms with E-state index in [0.29, 0.717) is 24.2 Å². The Hall–Kier alpha value is -1.36. The third kappa shape index (κ3) is 3.06. The van der Waals surface area contributed by atoms with Crippen LogP contribution in [0.3, 0.4) is 0 Å². The highest BCUT2D eigenvalue weighted by Gasteiger charge is 2.14. The van der Waals surface area contributed by atoms with E-state index in [9.17, 15) is 0 Å². The Kier molecular flexibility index (Phi) is 3.93. The van der Waals surface area contributed by atoms with Crippen molar-refractivity contribution in [2.45, 2.75) is 31.8 Å². The molecule has 1 fully saturated rings. The molecule has 0 atom stereocenters. The fourth-order valence-corrected chi connectivity index (χ4v) is 1.94. The fourth-order valence-electron chi connectivity index (χ4n) is 1.94. The van der Waals surface area contributed by atoms with Crippen molar-refractivity contribution in [3.63, 3.8) is 0 Å². The molecule has 0 saturated heterocycles. The number of nitrogens with one attached hydrogen (secondary N) is 1. The zero-order chi connectivity index (χ0) is 11.2. The van der Waals surface area contributed by atoms with Crippen LogP contribution in [0.15, 0.2) is 12.5 Å². The second-order valence-electron chi connectivity index (χ2n) is 4.03. The standard InChI is InChI=1S/C11H18N4O/c12-10-7-13-8-15-11(10)14-5-6-16-9-3-1-2-4-9/h7-9H,1-6,12H2,(H,13,14,15). The first kappa shape index (κ1) is 11.1. The predicted octanol–water partition coefficient (Wildman–Crippen LogP) is 1.43. The maximum absolute atomic E-state index is 5.72. The summed E-state index contributed by atoms with van der Waals surface area (Å²) < 4.78 is 5.72. The van der Waals surface area contributed by atoms with Gasteiger partial charge in [-0.3, -0.25) is 0 Å². The van der Waals surface area contributed by atoms with Gasteiger partial charge in [-0.25, -0.2) is 9.97 Å². The molecule has 2 rings (SSSR count). The van der Waals surface area contributed by atoms with Crippen LogP contribution in [-0.2, 0) is 4.74 Å². The third-order valence-corrected chi connectivity index (χ3v) is 2.79. The van der Waals surface area contributed by atoms with Crippen LogP contribution in [0.5, 0.6) is 0 Å². The minimum Gasteiger partial charge on any atom is -0.394 e. The number of hydrogen-bond donors (Lipinski definition) is 2. The molecule has 0 aliphatic heterocycles. The molecule has 1 heterocycles. The molecular weight excluding hydrogens is 204 g/mol. The molecule has 0 amide bonds. The molecule has 0 aromatic carbocycles. The first-order chi connectivity index (χ1) is 7.86. The average molecular weight is 222 g/mol. The van der Waals surface area contributed by atoms with Gasteiger partial charge in [0.2, 0.25) is 0 Å². The molecule has 1 aliphatic carbocycles. The van der Waals surface area contributed by atoms with Crippen molar-refractivity contribution in [3.05, 3.63) is 12.5 Å². The number of rotatable bonds is 5. The van der Waals surface area contributed by atoms with Gasteiger partial charge in [0.15, 0.2) is 5.82 Å². The van der Waals surface area contributed by atoms with Gasteiger partial charge < -0.3 is 15.8 Å². The Labute approximate surface area is 95.4 Å². The van der Waals surface area contributed by atoms with Crippen molar-refractivity contribution < 1.29 is 4.74 Å². The monoisotopic (exact) mass is 222 g/mol. The van der Waals surface area contributed by atoms with E-state index in [0.717, 1.165) is 6.54 Å². The van der Waals surface area contributed by atoms with Crippen LogP contribution in [-0.4, -0.2) is 29.2 Å². The van der Waals surface area contributed by atoms with E-state index < -0.39 is 0 Å². The Balaban J connectivity index is 1.66. The summed E-state index contributed by atoms with van der Waals surface area (Å²) in [5, 5.41) is 3.14. The van der Waals surface area contributed by atoms with Crippen molar-refractivity contribution in [1.82, 2.24) is 9.97 Å². The lowest BCUT2D eigenvalue weighted by atomic mass is 10.3. The highest BCUT2D eigenvalue weighted by Crippen LogP contribution is 2.20. The zero-order valence-corrected chi connectivity index (χ0v) is 9.35. The minimum atomic E-state index is 0.463. The second kappa shape index (κ2) is 5.65. The number of nitrogens with zero attached hydrogens (tertiary/aromatic N) is 2. The number of aromatic nitrogens is 2. The van der Waals surface area contributed by atoms with Crippen LogP contribution in [0.1, 0.15) is 25.7 Å². The number of nitrogen functional groups attached to an aromatic ring is 1. The molecular formula is C11H18N4O. The van der Waals surface area contributed by atoms with Crippen molar-refractivity contribution in [3.8, 4) is 0 Å². The quantitative estimate of drug-likeness (QED) is 0.737. The zero-order valence-electron chi connectivity index (χ0n) is 9.35. The van der Waals surface area contributed by atoms with E-state index >= 15 is 0 Å². The van der Waals surface area contributed by atoms with Crippen molar-refractivity contribution >= 4 is 11.5 Å². The summed E-state index contributed by atoms with van der Waals surface area (Å²) >= 11 is 0. The van der Waals surface area contributed by atoms with Gasteiger partial charge in [-0.1, -0.05) is 12.8 Å². The van der Waals surface area contributed by atoms with E-state index in [-0.39, 0.29) is 0 Å². The highest BCUT2D eigenvalue weighted by molar-refractivity contribution is 5.58. The number of anilines is 2. The van der Waals surface area contributed by atoms with Gasteiger partial charge in [0, 0.05) is 6.54 Å². The van der Waals surface area contributed by atoms with Gasteiger partial charge in [0.1, 0.15) is 6.33 Å². The van der Waals surface area contributed by atoms with Gasteiger partial charge in [-0.05, 0) is 12.8 Å². The first-order valence-electron chi connectivity index (χ1n) is 5.77. The van der Waals surface area contributed by atoms with Crippen LogP contribution < -0.4 is 11.1 Å². The van der Waals surface area contributed by atoms with Crippen molar-refractivity contribution in [1.29, 1.82) is 0 Å².